The predicted octanol–water partition coefficient (Wildman–Crippen LogP) is 4.39. The molecule has 27 heavy (non-hydrogen) atoms. The number of anilines is 1. The van der Waals surface area contributed by atoms with Crippen LogP contribution in [0.25, 0.3) is 0 Å². The Labute approximate surface area is 161 Å². The molecule has 0 spiro atoms. The Bertz CT molecular complexity index is 742. The highest BCUT2D eigenvalue weighted by Crippen LogP contribution is 2.23. The van der Waals surface area contributed by atoms with E-state index in [0.717, 1.165) is 31.7 Å². The molecule has 1 aliphatic rings. The van der Waals surface area contributed by atoms with E-state index >= 15 is 0 Å². The maximum absolute atomic E-state index is 13.2. The number of furan rings is 1. The number of nitrogens with one attached hydrogen (secondary N) is 1. The summed E-state index contributed by atoms with van der Waals surface area (Å²) in [6, 6.07) is 3.75. The third kappa shape index (κ3) is 5.08. The van der Waals surface area contributed by atoms with Crippen LogP contribution in [0.2, 0.25) is 0 Å². The molecule has 2 aromatic rings. The predicted molar refractivity (Wildman–Crippen MR) is 106 cm³/mol. The van der Waals surface area contributed by atoms with E-state index in [4.69, 9.17) is 4.42 Å². The third-order valence-electron chi connectivity index (χ3n) is 4.84. The molecule has 0 radical (unpaired) electrons. The zero-order valence-electron chi connectivity index (χ0n) is 16.6. The standard InChI is InChI=1S/C21H30N4O2/c1-21(2,3)20-23-15-17(18(24-20)22-14-16-10-9-13-27-16)19(26)25-11-7-5-4-6-8-12-25/h9-10,13,15H,4-8,11-12,14H2,1-3H3,(H,22,23,24). The Kier molecular flexibility index (Phi) is 6.14. The van der Waals surface area contributed by atoms with Gasteiger partial charge < -0.3 is 14.6 Å². The molecule has 0 saturated carbocycles. The number of likely N-dealkylation sites (tertiary alicyclic amines) is 1. The summed E-state index contributed by atoms with van der Waals surface area (Å²) < 4.78 is 5.40. The van der Waals surface area contributed by atoms with E-state index in [2.05, 4.69) is 36.1 Å². The summed E-state index contributed by atoms with van der Waals surface area (Å²) in [6.07, 6.45) is 9.08. The van der Waals surface area contributed by atoms with Gasteiger partial charge in [-0.3, -0.25) is 4.79 Å². The van der Waals surface area contributed by atoms with Gasteiger partial charge in [0.25, 0.3) is 5.91 Å². The zero-order valence-corrected chi connectivity index (χ0v) is 16.6. The van der Waals surface area contributed by atoms with Gasteiger partial charge in [-0.25, -0.2) is 9.97 Å². The van der Waals surface area contributed by atoms with Crippen LogP contribution in [0.1, 0.15) is 74.8 Å². The number of amides is 1. The molecule has 1 fully saturated rings. The monoisotopic (exact) mass is 370 g/mol. The lowest BCUT2D eigenvalue weighted by atomic mass is 9.95. The second-order valence-corrected chi connectivity index (χ2v) is 8.20. The van der Waals surface area contributed by atoms with Crippen molar-refractivity contribution in [2.24, 2.45) is 0 Å². The maximum atomic E-state index is 13.2. The van der Waals surface area contributed by atoms with Crippen LogP contribution >= 0.6 is 0 Å². The number of rotatable bonds is 4. The molecule has 1 saturated heterocycles. The van der Waals surface area contributed by atoms with Gasteiger partial charge in [0.1, 0.15) is 23.0 Å². The van der Waals surface area contributed by atoms with Crippen LogP contribution < -0.4 is 5.32 Å². The molecule has 6 nitrogen and oxygen atoms in total. The lowest BCUT2D eigenvalue weighted by Crippen LogP contribution is -2.34. The van der Waals surface area contributed by atoms with Crippen molar-refractivity contribution in [2.45, 2.75) is 64.8 Å². The number of hydrogen-bond acceptors (Lipinski definition) is 5. The lowest BCUT2D eigenvalue weighted by molar-refractivity contribution is 0.0742. The molecular formula is C21H30N4O2. The first-order valence-electron chi connectivity index (χ1n) is 9.88. The average molecular weight is 370 g/mol. The molecule has 6 heteroatoms. The minimum Gasteiger partial charge on any atom is -0.467 e. The number of aromatic nitrogens is 2. The van der Waals surface area contributed by atoms with E-state index in [9.17, 15) is 4.79 Å². The molecule has 0 aromatic carbocycles. The average Bonchev–Trinajstić information content (AvgIpc) is 3.12. The zero-order chi connectivity index (χ0) is 19.3. The van der Waals surface area contributed by atoms with E-state index in [1.54, 1.807) is 12.5 Å². The van der Waals surface area contributed by atoms with Gasteiger partial charge in [0.2, 0.25) is 0 Å². The lowest BCUT2D eigenvalue weighted by Gasteiger charge is -2.26. The topological polar surface area (TPSA) is 71.3 Å². The first-order valence-corrected chi connectivity index (χ1v) is 9.88. The van der Waals surface area contributed by atoms with Crippen LogP contribution in [0, 0.1) is 0 Å². The molecule has 0 atom stereocenters. The highest BCUT2D eigenvalue weighted by molar-refractivity contribution is 5.98. The summed E-state index contributed by atoms with van der Waals surface area (Å²) in [5.74, 6) is 2.11. The minimum absolute atomic E-state index is 0.0132. The Hall–Kier alpha value is -2.37. The van der Waals surface area contributed by atoms with E-state index < -0.39 is 0 Å². The van der Waals surface area contributed by atoms with Crippen LogP contribution in [0.3, 0.4) is 0 Å². The van der Waals surface area contributed by atoms with Crippen molar-refractivity contribution in [3.8, 4) is 0 Å². The van der Waals surface area contributed by atoms with Gasteiger partial charge >= 0.3 is 0 Å². The Morgan fingerprint density at radius 1 is 1.19 bits per heavy atom. The van der Waals surface area contributed by atoms with Crippen molar-refractivity contribution in [3.05, 3.63) is 41.7 Å². The highest BCUT2D eigenvalue weighted by Gasteiger charge is 2.24. The number of nitrogens with zero attached hydrogens (tertiary/aromatic N) is 3. The fourth-order valence-electron chi connectivity index (χ4n) is 3.24. The Morgan fingerprint density at radius 2 is 1.89 bits per heavy atom. The summed E-state index contributed by atoms with van der Waals surface area (Å²) in [5, 5.41) is 3.28. The van der Waals surface area contributed by atoms with E-state index in [-0.39, 0.29) is 11.3 Å². The largest absolute Gasteiger partial charge is 0.467 e. The number of carbonyl (C=O) groups excluding carboxylic acids is 1. The van der Waals surface area contributed by atoms with Gasteiger partial charge in [-0.2, -0.15) is 0 Å². The summed E-state index contributed by atoms with van der Waals surface area (Å²) in [5.41, 5.74) is 0.346. The van der Waals surface area contributed by atoms with Gasteiger partial charge in [0.15, 0.2) is 0 Å². The highest BCUT2D eigenvalue weighted by atomic mass is 16.3. The molecule has 0 bridgehead atoms. The van der Waals surface area contributed by atoms with Gasteiger partial charge in [-0.1, -0.05) is 40.0 Å². The molecule has 3 rings (SSSR count). The second-order valence-electron chi connectivity index (χ2n) is 8.20. The van der Waals surface area contributed by atoms with Crippen LogP contribution in [0.4, 0.5) is 5.82 Å². The second kappa shape index (κ2) is 8.55. The summed E-state index contributed by atoms with van der Waals surface area (Å²) in [4.78, 5) is 24.3. The van der Waals surface area contributed by atoms with Crippen LogP contribution in [0.15, 0.2) is 29.0 Å². The third-order valence-corrected chi connectivity index (χ3v) is 4.84. The molecule has 1 amide bonds. The van der Waals surface area contributed by atoms with Crippen LogP contribution in [0.5, 0.6) is 0 Å². The van der Waals surface area contributed by atoms with Gasteiger partial charge in [0.05, 0.1) is 12.8 Å². The quantitative estimate of drug-likeness (QED) is 0.864. The molecular weight excluding hydrogens is 340 g/mol. The van der Waals surface area contributed by atoms with E-state index in [0.29, 0.717) is 23.8 Å². The molecule has 3 heterocycles. The van der Waals surface area contributed by atoms with E-state index in [1.807, 2.05) is 17.0 Å². The number of hydrogen-bond donors (Lipinski definition) is 1. The van der Waals surface area contributed by atoms with Crippen molar-refractivity contribution in [2.75, 3.05) is 18.4 Å². The van der Waals surface area contributed by atoms with Gasteiger partial charge in [0, 0.05) is 24.7 Å². The van der Waals surface area contributed by atoms with E-state index in [1.165, 1.54) is 19.3 Å². The minimum atomic E-state index is -0.191. The first kappa shape index (κ1) is 19.4. The molecule has 146 valence electrons. The fraction of sp³-hybridized carbons (Fsp3) is 0.571. The van der Waals surface area contributed by atoms with Crippen molar-refractivity contribution in [1.29, 1.82) is 0 Å². The van der Waals surface area contributed by atoms with Crippen molar-refractivity contribution >= 4 is 11.7 Å². The van der Waals surface area contributed by atoms with Crippen molar-refractivity contribution in [3.63, 3.8) is 0 Å². The molecule has 2 aromatic heterocycles. The molecule has 0 unspecified atom stereocenters. The Morgan fingerprint density at radius 3 is 2.52 bits per heavy atom. The van der Waals surface area contributed by atoms with Crippen molar-refractivity contribution < 1.29 is 9.21 Å². The molecule has 0 aliphatic carbocycles. The van der Waals surface area contributed by atoms with Crippen molar-refractivity contribution in [1.82, 2.24) is 14.9 Å². The molecule has 1 aliphatic heterocycles. The summed E-state index contributed by atoms with van der Waals surface area (Å²) in [6.45, 7) is 8.29. The first-order chi connectivity index (χ1) is 12.9. The smallest absolute Gasteiger partial charge is 0.259 e. The summed E-state index contributed by atoms with van der Waals surface area (Å²) >= 11 is 0. The summed E-state index contributed by atoms with van der Waals surface area (Å²) in [7, 11) is 0. The van der Waals surface area contributed by atoms with Gasteiger partial charge in [-0.05, 0) is 25.0 Å². The Balaban J connectivity index is 1.86. The van der Waals surface area contributed by atoms with Gasteiger partial charge in [-0.15, -0.1) is 0 Å². The normalized spacial score (nSPS) is 15.9. The number of carbonyl (C=O) groups is 1. The SMILES string of the molecule is CC(C)(C)c1ncc(C(=O)N2CCCCCCC2)c(NCc2ccco2)n1. The fourth-order valence-corrected chi connectivity index (χ4v) is 3.24. The maximum Gasteiger partial charge on any atom is 0.259 e. The van der Waals surface area contributed by atoms with Crippen LogP contribution in [-0.4, -0.2) is 33.9 Å². The molecule has 1 N–H and O–H groups in total. The van der Waals surface area contributed by atoms with Crippen LogP contribution in [-0.2, 0) is 12.0 Å².